The molecule has 1 aromatic rings. The zero-order valence-electron chi connectivity index (χ0n) is 11.7. The minimum atomic E-state index is -1.02. The van der Waals surface area contributed by atoms with Gasteiger partial charge in [0.1, 0.15) is 5.75 Å². The molecule has 1 aromatic carbocycles. The number of ether oxygens (including phenoxy) is 1. The molecule has 0 heterocycles. The largest absolute Gasteiger partial charge is 0.479 e. The first-order valence-electron chi connectivity index (χ1n) is 6.12. The van der Waals surface area contributed by atoms with Gasteiger partial charge >= 0.3 is 5.97 Å². The number of carboxylic acid groups (broad SMARTS) is 1. The molecule has 0 aliphatic heterocycles. The fraction of sp³-hybridized carbons (Fsp3) is 0.500. The van der Waals surface area contributed by atoms with Crippen LogP contribution in [-0.4, -0.2) is 22.7 Å². The lowest BCUT2D eigenvalue weighted by atomic mass is 10.1. The van der Waals surface area contributed by atoms with Crippen molar-refractivity contribution < 1.29 is 14.6 Å². The molecule has 1 rings (SSSR count). The van der Waals surface area contributed by atoms with Crippen LogP contribution in [0.1, 0.15) is 33.3 Å². The summed E-state index contributed by atoms with van der Waals surface area (Å²) in [5.74, 6) is -0.592. The molecule has 5 heteroatoms. The van der Waals surface area contributed by atoms with E-state index in [2.05, 4.69) is 26.1 Å². The average molecular weight is 286 g/mol. The van der Waals surface area contributed by atoms with E-state index in [1.165, 1.54) is 6.92 Å². The number of carboxylic acids is 1. The first kappa shape index (κ1) is 15.8. The van der Waals surface area contributed by atoms with Crippen LogP contribution in [0.3, 0.4) is 0 Å². The third kappa shape index (κ3) is 5.09. The smallest absolute Gasteiger partial charge is 0.344 e. The van der Waals surface area contributed by atoms with Crippen molar-refractivity contribution in [3.05, 3.63) is 28.8 Å². The van der Waals surface area contributed by atoms with Gasteiger partial charge < -0.3 is 15.2 Å². The summed E-state index contributed by atoms with van der Waals surface area (Å²) >= 11 is 6.08. The third-order valence-corrected chi connectivity index (χ3v) is 2.80. The zero-order valence-corrected chi connectivity index (χ0v) is 12.4. The molecule has 2 N–H and O–H groups in total. The van der Waals surface area contributed by atoms with Gasteiger partial charge in [0.25, 0.3) is 0 Å². The van der Waals surface area contributed by atoms with Gasteiger partial charge in [-0.05, 0) is 33.8 Å². The molecular weight excluding hydrogens is 266 g/mol. The molecule has 4 nitrogen and oxygen atoms in total. The highest BCUT2D eigenvalue weighted by atomic mass is 35.5. The molecule has 0 radical (unpaired) electrons. The number of benzene rings is 1. The molecule has 0 bridgehead atoms. The molecule has 0 fully saturated rings. The third-order valence-electron chi connectivity index (χ3n) is 2.50. The van der Waals surface area contributed by atoms with E-state index in [9.17, 15) is 4.79 Å². The Labute approximate surface area is 118 Å². The molecule has 1 unspecified atom stereocenters. The van der Waals surface area contributed by atoms with Crippen molar-refractivity contribution in [3.8, 4) is 5.75 Å². The Bertz CT molecular complexity index is 454. The molecule has 0 saturated carbocycles. The maximum atomic E-state index is 10.9. The Hall–Kier alpha value is -1.26. The van der Waals surface area contributed by atoms with Crippen molar-refractivity contribution in [2.24, 2.45) is 0 Å². The number of hydrogen-bond donors (Lipinski definition) is 2. The maximum absolute atomic E-state index is 10.9. The lowest BCUT2D eigenvalue weighted by Crippen LogP contribution is -2.35. The Balaban J connectivity index is 2.92. The maximum Gasteiger partial charge on any atom is 0.344 e. The molecule has 106 valence electrons. The first-order valence-corrected chi connectivity index (χ1v) is 6.50. The predicted octanol–water partition coefficient (Wildman–Crippen LogP) is 3.08. The molecule has 0 amide bonds. The number of carbonyl (C=O) groups is 1. The number of hydrogen-bond acceptors (Lipinski definition) is 3. The van der Waals surface area contributed by atoms with Crippen LogP contribution in [0.15, 0.2) is 18.2 Å². The van der Waals surface area contributed by atoms with Crippen molar-refractivity contribution in [2.75, 3.05) is 0 Å². The van der Waals surface area contributed by atoms with Gasteiger partial charge in [-0.3, -0.25) is 0 Å². The van der Waals surface area contributed by atoms with Crippen molar-refractivity contribution in [3.63, 3.8) is 0 Å². The van der Waals surface area contributed by atoms with Crippen molar-refractivity contribution >= 4 is 17.6 Å². The second kappa shape index (κ2) is 6.26. The summed E-state index contributed by atoms with van der Waals surface area (Å²) in [6.45, 7) is 8.20. The molecule has 1 atom stereocenters. The molecule has 0 aromatic heterocycles. The van der Waals surface area contributed by atoms with Crippen LogP contribution < -0.4 is 10.1 Å². The monoisotopic (exact) mass is 285 g/mol. The van der Waals surface area contributed by atoms with E-state index < -0.39 is 12.1 Å². The number of halogens is 1. The van der Waals surface area contributed by atoms with E-state index in [4.69, 9.17) is 21.4 Å². The van der Waals surface area contributed by atoms with E-state index in [0.717, 1.165) is 5.56 Å². The van der Waals surface area contributed by atoms with Crippen molar-refractivity contribution in [2.45, 2.75) is 45.9 Å². The zero-order chi connectivity index (χ0) is 14.6. The van der Waals surface area contributed by atoms with Crippen LogP contribution in [0.2, 0.25) is 5.02 Å². The summed E-state index contributed by atoms with van der Waals surface area (Å²) in [5, 5.41) is 12.6. The Morgan fingerprint density at radius 3 is 2.63 bits per heavy atom. The number of aliphatic carboxylic acids is 1. The molecule has 0 aliphatic rings. The fourth-order valence-corrected chi connectivity index (χ4v) is 1.65. The highest BCUT2D eigenvalue weighted by Gasteiger charge is 2.18. The Morgan fingerprint density at radius 1 is 1.47 bits per heavy atom. The fourth-order valence-electron chi connectivity index (χ4n) is 1.41. The first-order chi connectivity index (χ1) is 8.70. The Morgan fingerprint density at radius 2 is 2.11 bits per heavy atom. The van der Waals surface area contributed by atoms with Crippen LogP contribution >= 0.6 is 11.6 Å². The average Bonchev–Trinajstić information content (AvgIpc) is 2.28. The summed E-state index contributed by atoms with van der Waals surface area (Å²) in [6.07, 6.45) is -0.937. The van der Waals surface area contributed by atoms with Crippen LogP contribution in [0.25, 0.3) is 0 Å². The highest BCUT2D eigenvalue weighted by molar-refractivity contribution is 6.32. The van der Waals surface area contributed by atoms with Crippen LogP contribution in [0.5, 0.6) is 5.75 Å². The van der Waals surface area contributed by atoms with Crippen LogP contribution in [0.4, 0.5) is 0 Å². The normalized spacial score (nSPS) is 13.1. The van der Waals surface area contributed by atoms with Crippen LogP contribution in [-0.2, 0) is 11.3 Å². The van der Waals surface area contributed by atoms with Crippen molar-refractivity contribution in [1.82, 2.24) is 5.32 Å². The second-order valence-electron chi connectivity index (χ2n) is 5.43. The molecule has 19 heavy (non-hydrogen) atoms. The van der Waals surface area contributed by atoms with E-state index in [0.29, 0.717) is 17.3 Å². The van der Waals surface area contributed by atoms with Gasteiger partial charge in [-0.25, -0.2) is 4.79 Å². The summed E-state index contributed by atoms with van der Waals surface area (Å²) in [6, 6.07) is 5.38. The predicted molar refractivity (Wildman–Crippen MR) is 75.8 cm³/mol. The summed E-state index contributed by atoms with van der Waals surface area (Å²) in [5.41, 5.74) is 0.799. The van der Waals surface area contributed by atoms with E-state index in [1.54, 1.807) is 6.07 Å². The van der Waals surface area contributed by atoms with E-state index in [-0.39, 0.29) is 5.54 Å². The van der Waals surface area contributed by atoms with Gasteiger partial charge in [-0.2, -0.15) is 0 Å². The van der Waals surface area contributed by atoms with Gasteiger partial charge in [-0.15, -0.1) is 0 Å². The lowest BCUT2D eigenvalue weighted by Gasteiger charge is -2.22. The van der Waals surface area contributed by atoms with Gasteiger partial charge in [0.05, 0.1) is 5.02 Å². The van der Waals surface area contributed by atoms with Gasteiger partial charge in [0.2, 0.25) is 0 Å². The minimum absolute atomic E-state index is 0.0436. The standard InChI is InChI=1S/C14H20ClNO3/c1-9(13(17)18)19-12-10(6-5-7-11(12)15)8-16-14(2,3)4/h5-7,9,16H,8H2,1-4H3,(H,17,18). The summed E-state index contributed by atoms with van der Waals surface area (Å²) in [4.78, 5) is 10.9. The number of nitrogens with one attached hydrogen (secondary N) is 1. The Kier molecular flexibility index (Phi) is 5.20. The topological polar surface area (TPSA) is 58.6 Å². The second-order valence-corrected chi connectivity index (χ2v) is 5.84. The molecule has 0 saturated heterocycles. The highest BCUT2D eigenvalue weighted by Crippen LogP contribution is 2.30. The van der Waals surface area contributed by atoms with Gasteiger partial charge in [0.15, 0.2) is 6.10 Å². The SMILES string of the molecule is CC(Oc1c(Cl)cccc1CNC(C)(C)C)C(=O)O. The van der Waals surface area contributed by atoms with Gasteiger partial charge in [0, 0.05) is 17.6 Å². The molecule has 0 aliphatic carbocycles. The van der Waals surface area contributed by atoms with Crippen LogP contribution in [0, 0.1) is 0 Å². The minimum Gasteiger partial charge on any atom is -0.479 e. The van der Waals surface area contributed by atoms with E-state index in [1.807, 2.05) is 12.1 Å². The molecule has 0 spiro atoms. The lowest BCUT2D eigenvalue weighted by molar-refractivity contribution is -0.144. The summed E-state index contributed by atoms with van der Waals surface area (Å²) < 4.78 is 5.43. The quantitative estimate of drug-likeness (QED) is 0.873. The summed E-state index contributed by atoms with van der Waals surface area (Å²) in [7, 11) is 0. The van der Waals surface area contributed by atoms with Gasteiger partial charge in [-0.1, -0.05) is 23.7 Å². The number of rotatable bonds is 5. The van der Waals surface area contributed by atoms with E-state index >= 15 is 0 Å². The molecular formula is C14H20ClNO3. The van der Waals surface area contributed by atoms with Crippen molar-refractivity contribution in [1.29, 1.82) is 0 Å². The number of para-hydroxylation sites is 1.